The molecule has 0 saturated carbocycles. The molecule has 0 aromatic rings. The molecule has 0 radical (unpaired) electrons. The Labute approximate surface area is 109 Å². The molecule has 1 aliphatic rings. The number of likely N-dealkylation sites (tertiary alicyclic amines) is 1. The molecule has 4 unspecified atom stereocenters. The lowest BCUT2D eigenvalue weighted by Gasteiger charge is -2.27. The van der Waals surface area contributed by atoms with Crippen LogP contribution in [-0.2, 0) is 9.59 Å². The summed E-state index contributed by atoms with van der Waals surface area (Å²) in [6.07, 6.45) is 6.26. The van der Waals surface area contributed by atoms with Gasteiger partial charge in [-0.05, 0) is 46.1 Å². The number of carbonyl (C=O) groups excluding carboxylic acids is 2. The highest BCUT2D eigenvalue weighted by atomic mass is 16.1. The van der Waals surface area contributed by atoms with Crippen LogP contribution in [0.4, 0.5) is 0 Å². The summed E-state index contributed by atoms with van der Waals surface area (Å²) < 4.78 is 0. The standard InChI is InChI=1S/C13H25N3O2/c1-10(14)3-4-11(15-2)7-12-5-6-13(8-17)16(12)9-18/h8-13,15H,3-7,14H2,1-2H3. The zero-order valence-corrected chi connectivity index (χ0v) is 11.3. The van der Waals surface area contributed by atoms with Gasteiger partial charge in [-0.1, -0.05) is 0 Å². The van der Waals surface area contributed by atoms with Crippen LogP contribution >= 0.6 is 0 Å². The molecular formula is C13H25N3O2. The SMILES string of the molecule is CNC(CCC(C)N)CC1CCC(C=O)N1C=O. The first-order valence-corrected chi connectivity index (χ1v) is 6.73. The average Bonchev–Trinajstić information content (AvgIpc) is 2.75. The minimum atomic E-state index is -0.224. The number of hydrogen-bond acceptors (Lipinski definition) is 4. The molecule has 0 spiro atoms. The number of aldehydes is 1. The number of rotatable bonds is 8. The molecular weight excluding hydrogens is 230 g/mol. The van der Waals surface area contributed by atoms with Gasteiger partial charge in [0.2, 0.25) is 6.41 Å². The Morgan fingerprint density at radius 1 is 1.39 bits per heavy atom. The van der Waals surface area contributed by atoms with Gasteiger partial charge in [0.1, 0.15) is 6.29 Å². The van der Waals surface area contributed by atoms with Crippen LogP contribution in [0.3, 0.4) is 0 Å². The first-order valence-electron chi connectivity index (χ1n) is 6.73. The quantitative estimate of drug-likeness (QED) is 0.611. The van der Waals surface area contributed by atoms with Crippen molar-refractivity contribution in [1.29, 1.82) is 0 Å². The fourth-order valence-electron chi connectivity index (χ4n) is 2.65. The third kappa shape index (κ3) is 4.07. The molecule has 1 saturated heterocycles. The van der Waals surface area contributed by atoms with Crippen LogP contribution in [0.25, 0.3) is 0 Å². The second-order valence-electron chi connectivity index (χ2n) is 5.26. The lowest BCUT2D eigenvalue weighted by Crippen LogP contribution is -2.40. The molecule has 104 valence electrons. The number of amides is 1. The first kappa shape index (κ1) is 15.1. The molecule has 0 bridgehead atoms. The van der Waals surface area contributed by atoms with Crippen molar-refractivity contribution in [2.45, 2.75) is 63.2 Å². The van der Waals surface area contributed by atoms with Gasteiger partial charge in [0.15, 0.2) is 0 Å². The van der Waals surface area contributed by atoms with E-state index < -0.39 is 0 Å². The molecule has 18 heavy (non-hydrogen) atoms. The van der Waals surface area contributed by atoms with Crippen molar-refractivity contribution in [1.82, 2.24) is 10.2 Å². The van der Waals surface area contributed by atoms with Crippen molar-refractivity contribution in [2.24, 2.45) is 5.73 Å². The van der Waals surface area contributed by atoms with Crippen LogP contribution in [0, 0.1) is 0 Å². The Bertz CT molecular complexity index is 271. The second kappa shape index (κ2) is 7.48. The van der Waals surface area contributed by atoms with Crippen LogP contribution in [0.5, 0.6) is 0 Å². The average molecular weight is 255 g/mol. The Hall–Kier alpha value is -0.940. The fraction of sp³-hybridized carbons (Fsp3) is 0.846. The van der Waals surface area contributed by atoms with E-state index in [1.54, 1.807) is 4.90 Å². The zero-order valence-electron chi connectivity index (χ0n) is 11.3. The second-order valence-corrected chi connectivity index (χ2v) is 5.26. The van der Waals surface area contributed by atoms with Crippen molar-refractivity contribution in [3.05, 3.63) is 0 Å². The smallest absolute Gasteiger partial charge is 0.210 e. The largest absolute Gasteiger partial charge is 0.332 e. The molecule has 0 aromatic carbocycles. The Kier molecular flexibility index (Phi) is 6.29. The molecule has 1 amide bonds. The molecule has 5 nitrogen and oxygen atoms in total. The monoisotopic (exact) mass is 255 g/mol. The maximum atomic E-state index is 11.0. The zero-order chi connectivity index (χ0) is 13.5. The summed E-state index contributed by atoms with van der Waals surface area (Å²) in [4.78, 5) is 23.6. The molecule has 3 N–H and O–H groups in total. The number of hydrogen-bond donors (Lipinski definition) is 2. The summed E-state index contributed by atoms with van der Waals surface area (Å²) in [6.45, 7) is 2.00. The fourth-order valence-corrected chi connectivity index (χ4v) is 2.65. The van der Waals surface area contributed by atoms with Gasteiger partial charge in [0, 0.05) is 18.1 Å². The number of nitrogens with one attached hydrogen (secondary N) is 1. The Morgan fingerprint density at radius 3 is 2.61 bits per heavy atom. The summed E-state index contributed by atoms with van der Waals surface area (Å²) >= 11 is 0. The van der Waals surface area contributed by atoms with Gasteiger partial charge in [-0.25, -0.2) is 0 Å². The van der Waals surface area contributed by atoms with Gasteiger partial charge in [-0.2, -0.15) is 0 Å². The molecule has 1 heterocycles. The minimum Gasteiger partial charge on any atom is -0.332 e. The van der Waals surface area contributed by atoms with E-state index in [4.69, 9.17) is 5.73 Å². The molecule has 4 atom stereocenters. The highest BCUT2D eigenvalue weighted by molar-refractivity contribution is 5.65. The third-order valence-electron chi connectivity index (χ3n) is 3.81. The normalized spacial score (nSPS) is 26.9. The maximum absolute atomic E-state index is 11.0. The van der Waals surface area contributed by atoms with Crippen LogP contribution in [0.1, 0.15) is 39.0 Å². The van der Waals surface area contributed by atoms with Crippen molar-refractivity contribution in [3.63, 3.8) is 0 Å². The topological polar surface area (TPSA) is 75.4 Å². The lowest BCUT2D eigenvalue weighted by molar-refractivity contribution is -0.125. The minimum absolute atomic E-state index is 0.184. The summed E-state index contributed by atoms with van der Waals surface area (Å²) in [5, 5.41) is 3.28. The van der Waals surface area contributed by atoms with Crippen LogP contribution < -0.4 is 11.1 Å². The van der Waals surface area contributed by atoms with E-state index in [9.17, 15) is 9.59 Å². The van der Waals surface area contributed by atoms with E-state index in [-0.39, 0.29) is 18.1 Å². The molecule has 1 aliphatic heterocycles. The van der Waals surface area contributed by atoms with E-state index in [1.165, 1.54) is 0 Å². The van der Waals surface area contributed by atoms with E-state index in [0.717, 1.165) is 44.8 Å². The van der Waals surface area contributed by atoms with Gasteiger partial charge < -0.3 is 20.7 Å². The van der Waals surface area contributed by atoms with E-state index >= 15 is 0 Å². The number of nitrogens with two attached hydrogens (primary N) is 1. The van der Waals surface area contributed by atoms with Crippen LogP contribution in [0.2, 0.25) is 0 Å². The predicted molar refractivity (Wildman–Crippen MR) is 71.1 cm³/mol. The molecule has 0 aliphatic carbocycles. The van der Waals surface area contributed by atoms with Crippen molar-refractivity contribution in [3.8, 4) is 0 Å². The summed E-state index contributed by atoms with van der Waals surface area (Å²) in [5.74, 6) is 0. The molecule has 1 fully saturated rings. The van der Waals surface area contributed by atoms with Crippen LogP contribution in [-0.4, -0.2) is 48.8 Å². The van der Waals surface area contributed by atoms with Gasteiger partial charge in [-0.3, -0.25) is 4.79 Å². The number of nitrogens with zero attached hydrogens (tertiary/aromatic N) is 1. The lowest BCUT2D eigenvalue weighted by atomic mass is 9.99. The van der Waals surface area contributed by atoms with Gasteiger partial charge in [-0.15, -0.1) is 0 Å². The van der Waals surface area contributed by atoms with Crippen molar-refractivity contribution < 1.29 is 9.59 Å². The van der Waals surface area contributed by atoms with Gasteiger partial charge in [0.05, 0.1) is 6.04 Å². The van der Waals surface area contributed by atoms with E-state index in [2.05, 4.69) is 5.32 Å². The Morgan fingerprint density at radius 2 is 2.11 bits per heavy atom. The highest BCUT2D eigenvalue weighted by Gasteiger charge is 2.33. The summed E-state index contributed by atoms with van der Waals surface area (Å²) in [5.41, 5.74) is 5.76. The summed E-state index contributed by atoms with van der Waals surface area (Å²) in [6, 6.07) is 0.518. The van der Waals surface area contributed by atoms with Gasteiger partial charge >= 0.3 is 0 Å². The highest BCUT2D eigenvalue weighted by Crippen LogP contribution is 2.25. The van der Waals surface area contributed by atoms with E-state index in [0.29, 0.717) is 6.04 Å². The van der Waals surface area contributed by atoms with Crippen molar-refractivity contribution >= 4 is 12.7 Å². The van der Waals surface area contributed by atoms with Gasteiger partial charge in [0.25, 0.3) is 0 Å². The number of carbonyl (C=O) groups is 2. The van der Waals surface area contributed by atoms with E-state index in [1.807, 2.05) is 14.0 Å². The predicted octanol–water partition coefficient (Wildman–Crippen LogP) is 0.280. The molecule has 5 heteroatoms. The first-order chi connectivity index (χ1) is 8.62. The maximum Gasteiger partial charge on any atom is 0.210 e. The van der Waals surface area contributed by atoms with Crippen LogP contribution in [0.15, 0.2) is 0 Å². The molecule has 0 aromatic heterocycles. The third-order valence-corrected chi connectivity index (χ3v) is 3.81. The molecule has 1 rings (SSSR count). The Balaban J connectivity index is 2.48. The summed E-state index contributed by atoms with van der Waals surface area (Å²) in [7, 11) is 1.93. The van der Waals surface area contributed by atoms with Crippen molar-refractivity contribution in [2.75, 3.05) is 7.05 Å².